The van der Waals surface area contributed by atoms with E-state index >= 15 is 0 Å². The Labute approximate surface area is 162 Å². The zero-order valence-corrected chi connectivity index (χ0v) is 16.4. The van der Waals surface area contributed by atoms with Crippen LogP contribution in [0.2, 0.25) is 0 Å². The van der Waals surface area contributed by atoms with Gasteiger partial charge in [-0.15, -0.1) is 10.2 Å². The third-order valence-corrected chi connectivity index (χ3v) is 5.58. The molecule has 2 aromatic heterocycles. The Morgan fingerprint density at radius 1 is 1.00 bits per heavy atom. The summed E-state index contributed by atoms with van der Waals surface area (Å²) in [6.45, 7) is 2.07. The Balaban J connectivity index is 1.64. The lowest BCUT2D eigenvalue weighted by atomic mass is 10.2. The molecule has 0 saturated heterocycles. The number of hydrogen-bond acceptors (Lipinski definition) is 4. The number of nitrogens with zero attached hydrogens (tertiary/aromatic N) is 4. The molecule has 5 nitrogen and oxygen atoms in total. The van der Waals surface area contributed by atoms with Crippen LogP contribution in [0.5, 0.6) is 0 Å². The Bertz CT molecular complexity index is 1120. The molecule has 0 saturated carbocycles. The van der Waals surface area contributed by atoms with Gasteiger partial charge in [-0.3, -0.25) is 13.8 Å². The molecule has 0 unspecified atom stereocenters. The lowest BCUT2D eigenvalue weighted by Gasteiger charge is -2.06. The van der Waals surface area contributed by atoms with E-state index in [4.69, 9.17) is 0 Å². The largest absolute Gasteiger partial charge is 0.300 e. The predicted molar refractivity (Wildman–Crippen MR) is 107 cm³/mol. The molecule has 0 aliphatic carbocycles. The number of benzene rings is 2. The van der Waals surface area contributed by atoms with Crippen LogP contribution in [0.25, 0.3) is 11.3 Å². The molecule has 0 spiro atoms. The van der Waals surface area contributed by atoms with E-state index in [1.165, 1.54) is 11.1 Å². The second kappa shape index (κ2) is 7.09. The van der Waals surface area contributed by atoms with Crippen LogP contribution >= 0.6 is 27.7 Å². The second-order valence-electron chi connectivity index (χ2n) is 5.90. The molecule has 26 heavy (non-hydrogen) atoms. The quantitative estimate of drug-likeness (QED) is 0.457. The lowest BCUT2D eigenvalue weighted by Crippen LogP contribution is -2.20. The van der Waals surface area contributed by atoms with Gasteiger partial charge in [-0.1, -0.05) is 57.5 Å². The van der Waals surface area contributed by atoms with Crippen LogP contribution in [0.15, 0.2) is 75.3 Å². The van der Waals surface area contributed by atoms with E-state index in [2.05, 4.69) is 57.3 Å². The third-order valence-electron chi connectivity index (χ3n) is 4.03. The smallest absolute Gasteiger partial charge is 0.280 e. The van der Waals surface area contributed by atoms with E-state index in [0.29, 0.717) is 10.8 Å². The molecule has 0 amide bonds. The molecule has 0 radical (unpaired) electrons. The highest BCUT2D eigenvalue weighted by atomic mass is 79.9. The fourth-order valence-corrected chi connectivity index (χ4v) is 3.74. The summed E-state index contributed by atoms with van der Waals surface area (Å²) in [5, 5.41) is 9.00. The first-order chi connectivity index (χ1) is 12.6. The number of rotatable bonds is 4. The van der Waals surface area contributed by atoms with Crippen molar-refractivity contribution in [3.05, 3.63) is 86.9 Å². The Morgan fingerprint density at radius 3 is 2.46 bits per heavy atom. The van der Waals surface area contributed by atoms with Crippen LogP contribution in [0.4, 0.5) is 0 Å². The SMILES string of the molecule is Cc1ccc(CSc2nnc3c(=O)n(-c4ccc(Br)cc4)ccn23)cc1. The standard InChI is InChI=1S/C19H15BrN4OS/c1-13-2-4-14(5-3-13)12-26-19-22-21-17-18(25)23(10-11-24(17)19)16-8-6-15(20)7-9-16/h2-11H,12H2,1H3. The van der Waals surface area contributed by atoms with E-state index in [0.717, 1.165) is 15.9 Å². The summed E-state index contributed by atoms with van der Waals surface area (Å²) in [6, 6.07) is 16.0. The highest BCUT2D eigenvalue weighted by Gasteiger charge is 2.12. The maximum atomic E-state index is 12.8. The van der Waals surface area contributed by atoms with Crippen molar-refractivity contribution in [3.8, 4) is 5.69 Å². The molecule has 0 N–H and O–H groups in total. The van der Waals surface area contributed by atoms with Crippen molar-refractivity contribution in [1.29, 1.82) is 0 Å². The van der Waals surface area contributed by atoms with Gasteiger partial charge in [0.25, 0.3) is 0 Å². The van der Waals surface area contributed by atoms with Crippen molar-refractivity contribution < 1.29 is 0 Å². The average Bonchev–Trinajstić information content (AvgIpc) is 3.07. The first kappa shape index (κ1) is 17.1. The Kier molecular flexibility index (Phi) is 4.65. The molecule has 2 heterocycles. The molecule has 130 valence electrons. The number of hydrogen-bond donors (Lipinski definition) is 0. The summed E-state index contributed by atoms with van der Waals surface area (Å²) in [4.78, 5) is 12.8. The van der Waals surface area contributed by atoms with Gasteiger partial charge in [0.1, 0.15) is 0 Å². The monoisotopic (exact) mass is 426 g/mol. The number of halogens is 1. The topological polar surface area (TPSA) is 52.2 Å². The molecular weight excluding hydrogens is 412 g/mol. The van der Waals surface area contributed by atoms with Gasteiger partial charge in [-0.2, -0.15) is 0 Å². The minimum Gasteiger partial charge on any atom is -0.280 e. The van der Waals surface area contributed by atoms with Gasteiger partial charge in [0, 0.05) is 28.3 Å². The van der Waals surface area contributed by atoms with Crippen LogP contribution in [-0.2, 0) is 5.75 Å². The summed E-state index contributed by atoms with van der Waals surface area (Å²) in [5.41, 5.74) is 3.37. The number of fused-ring (bicyclic) bond motifs is 1. The van der Waals surface area contributed by atoms with Crippen molar-refractivity contribution in [2.45, 2.75) is 17.8 Å². The summed E-state index contributed by atoms with van der Waals surface area (Å²) in [7, 11) is 0. The summed E-state index contributed by atoms with van der Waals surface area (Å²) < 4.78 is 4.29. The lowest BCUT2D eigenvalue weighted by molar-refractivity contribution is 0.893. The molecule has 0 aliphatic rings. The van der Waals surface area contributed by atoms with E-state index in [1.54, 1.807) is 26.9 Å². The molecule has 4 aromatic rings. The molecule has 4 rings (SSSR count). The zero-order valence-electron chi connectivity index (χ0n) is 14.0. The average molecular weight is 427 g/mol. The van der Waals surface area contributed by atoms with Crippen LogP contribution in [0, 0.1) is 6.92 Å². The van der Waals surface area contributed by atoms with Gasteiger partial charge in [-0.05, 0) is 36.8 Å². The number of aryl methyl sites for hydroxylation is 1. The van der Waals surface area contributed by atoms with Crippen LogP contribution in [-0.4, -0.2) is 19.2 Å². The summed E-state index contributed by atoms with van der Waals surface area (Å²) in [6.07, 6.45) is 3.58. The first-order valence-corrected chi connectivity index (χ1v) is 9.80. The maximum absolute atomic E-state index is 12.8. The van der Waals surface area contributed by atoms with E-state index in [9.17, 15) is 4.79 Å². The van der Waals surface area contributed by atoms with Crippen molar-refractivity contribution >= 4 is 33.3 Å². The third kappa shape index (κ3) is 3.32. The Morgan fingerprint density at radius 2 is 1.73 bits per heavy atom. The highest BCUT2D eigenvalue weighted by molar-refractivity contribution is 9.10. The molecule has 7 heteroatoms. The van der Waals surface area contributed by atoms with Gasteiger partial charge in [0.2, 0.25) is 5.65 Å². The van der Waals surface area contributed by atoms with Gasteiger partial charge in [0.15, 0.2) is 5.16 Å². The van der Waals surface area contributed by atoms with E-state index in [-0.39, 0.29) is 5.56 Å². The first-order valence-electron chi connectivity index (χ1n) is 8.02. The maximum Gasteiger partial charge on any atom is 0.300 e. The number of thioether (sulfide) groups is 1. The van der Waals surface area contributed by atoms with Crippen LogP contribution in [0.3, 0.4) is 0 Å². The second-order valence-corrected chi connectivity index (χ2v) is 7.76. The highest BCUT2D eigenvalue weighted by Crippen LogP contribution is 2.21. The molecule has 0 bridgehead atoms. The normalized spacial score (nSPS) is 11.2. The van der Waals surface area contributed by atoms with E-state index in [1.807, 2.05) is 30.5 Å². The minimum atomic E-state index is -0.190. The fourth-order valence-electron chi connectivity index (χ4n) is 2.60. The number of aromatic nitrogens is 4. The fraction of sp³-hybridized carbons (Fsp3) is 0.105. The van der Waals surface area contributed by atoms with Crippen molar-refractivity contribution in [2.24, 2.45) is 0 Å². The van der Waals surface area contributed by atoms with Gasteiger partial charge >= 0.3 is 5.56 Å². The van der Waals surface area contributed by atoms with E-state index < -0.39 is 0 Å². The molecule has 0 aliphatic heterocycles. The van der Waals surface area contributed by atoms with Gasteiger partial charge in [-0.25, -0.2) is 0 Å². The molecule has 0 fully saturated rings. The molecule has 0 atom stereocenters. The predicted octanol–water partition coefficient (Wildman–Crippen LogP) is 4.24. The zero-order chi connectivity index (χ0) is 18.1. The van der Waals surface area contributed by atoms with Crippen molar-refractivity contribution in [3.63, 3.8) is 0 Å². The van der Waals surface area contributed by atoms with Crippen LogP contribution < -0.4 is 5.56 Å². The van der Waals surface area contributed by atoms with Crippen molar-refractivity contribution in [2.75, 3.05) is 0 Å². The Hall–Kier alpha value is -2.38. The van der Waals surface area contributed by atoms with Gasteiger partial charge < -0.3 is 0 Å². The molecule has 2 aromatic carbocycles. The summed E-state index contributed by atoms with van der Waals surface area (Å²) in [5.74, 6) is 0.775. The summed E-state index contributed by atoms with van der Waals surface area (Å²) >= 11 is 4.97. The van der Waals surface area contributed by atoms with Crippen molar-refractivity contribution in [1.82, 2.24) is 19.2 Å². The van der Waals surface area contributed by atoms with Crippen LogP contribution in [0.1, 0.15) is 11.1 Å². The molecular formula is C19H15BrN4OS. The minimum absolute atomic E-state index is 0.190. The van der Waals surface area contributed by atoms with Gasteiger partial charge in [0.05, 0.1) is 0 Å².